The minimum Gasteiger partial charge on any atom is -0.389 e. The molecule has 2 aromatic carbocycles. The van der Waals surface area contributed by atoms with Gasteiger partial charge in [0, 0.05) is 26.4 Å². The van der Waals surface area contributed by atoms with Crippen LogP contribution in [0.25, 0.3) is 0 Å². The van der Waals surface area contributed by atoms with Gasteiger partial charge in [0.2, 0.25) is 0 Å². The minimum absolute atomic E-state index is 0.315. The molecule has 0 radical (unpaired) electrons. The van der Waals surface area contributed by atoms with Crippen LogP contribution >= 0.6 is 39.7 Å². The molecule has 0 saturated carbocycles. The van der Waals surface area contributed by atoms with Gasteiger partial charge in [-0.15, -0.1) is 0 Å². The number of thiocarbonyl (C=S) groups is 1. The van der Waals surface area contributed by atoms with Gasteiger partial charge in [-0.1, -0.05) is 45.8 Å². The highest BCUT2D eigenvalue weighted by Crippen LogP contribution is 2.25. The van der Waals surface area contributed by atoms with Gasteiger partial charge in [0.05, 0.1) is 0 Å². The molecule has 18 heavy (non-hydrogen) atoms. The third-order valence-corrected chi connectivity index (χ3v) is 3.30. The van der Waals surface area contributed by atoms with E-state index in [-0.39, 0.29) is 0 Å². The van der Waals surface area contributed by atoms with Crippen LogP contribution < -0.4 is 11.1 Å². The SMILES string of the molecule is NC(=S)c1cc(Cl)ccc1Nc1cccc(Br)c1. The Morgan fingerprint density at radius 3 is 2.67 bits per heavy atom. The summed E-state index contributed by atoms with van der Waals surface area (Å²) < 4.78 is 0.998. The van der Waals surface area contributed by atoms with E-state index < -0.39 is 0 Å². The first-order valence-electron chi connectivity index (χ1n) is 5.18. The van der Waals surface area contributed by atoms with Gasteiger partial charge < -0.3 is 11.1 Å². The van der Waals surface area contributed by atoms with Gasteiger partial charge >= 0.3 is 0 Å². The van der Waals surface area contributed by atoms with E-state index in [0.29, 0.717) is 10.0 Å². The van der Waals surface area contributed by atoms with Crippen molar-refractivity contribution in [1.82, 2.24) is 0 Å². The molecule has 0 fully saturated rings. The molecule has 0 amide bonds. The van der Waals surface area contributed by atoms with E-state index in [9.17, 15) is 0 Å². The van der Waals surface area contributed by atoms with Gasteiger partial charge in [-0.05, 0) is 36.4 Å². The highest BCUT2D eigenvalue weighted by atomic mass is 79.9. The molecular formula is C13H10BrClN2S. The van der Waals surface area contributed by atoms with Crippen molar-refractivity contribution < 1.29 is 0 Å². The van der Waals surface area contributed by atoms with Gasteiger partial charge in [-0.2, -0.15) is 0 Å². The quantitative estimate of drug-likeness (QED) is 0.808. The van der Waals surface area contributed by atoms with Gasteiger partial charge in [0.15, 0.2) is 0 Å². The number of anilines is 2. The summed E-state index contributed by atoms with van der Waals surface area (Å²) in [5, 5.41) is 3.87. The second-order valence-electron chi connectivity index (χ2n) is 3.69. The van der Waals surface area contributed by atoms with E-state index in [0.717, 1.165) is 21.4 Å². The Kier molecular flexibility index (Phi) is 4.22. The van der Waals surface area contributed by atoms with Crippen LogP contribution in [0.2, 0.25) is 5.02 Å². The van der Waals surface area contributed by atoms with Crippen LogP contribution in [0.3, 0.4) is 0 Å². The Morgan fingerprint density at radius 1 is 1.22 bits per heavy atom. The molecule has 5 heteroatoms. The number of nitrogens with one attached hydrogen (secondary N) is 1. The fourth-order valence-corrected chi connectivity index (χ4v) is 2.29. The van der Waals surface area contributed by atoms with Gasteiger partial charge in [0.25, 0.3) is 0 Å². The third-order valence-electron chi connectivity index (χ3n) is 2.35. The normalized spacial score (nSPS) is 10.1. The maximum atomic E-state index is 5.94. The van der Waals surface area contributed by atoms with Crippen molar-refractivity contribution in [2.45, 2.75) is 0 Å². The van der Waals surface area contributed by atoms with Gasteiger partial charge in [0.1, 0.15) is 4.99 Å². The van der Waals surface area contributed by atoms with Crippen LogP contribution in [-0.2, 0) is 0 Å². The number of rotatable bonds is 3. The van der Waals surface area contributed by atoms with Crippen molar-refractivity contribution in [3.63, 3.8) is 0 Å². The Bertz CT molecular complexity index is 601. The van der Waals surface area contributed by atoms with Crippen LogP contribution in [-0.4, -0.2) is 4.99 Å². The molecule has 3 N–H and O–H groups in total. The lowest BCUT2D eigenvalue weighted by atomic mass is 10.1. The first-order chi connectivity index (χ1) is 8.56. The Balaban J connectivity index is 2.37. The van der Waals surface area contributed by atoms with Gasteiger partial charge in [-0.25, -0.2) is 0 Å². The summed E-state index contributed by atoms with van der Waals surface area (Å²) in [4.78, 5) is 0.315. The van der Waals surface area contributed by atoms with Crippen molar-refractivity contribution in [2.75, 3.05) is 5.32 Å². The summed E-state index contributed by atoms with van der Waals surface area (Å²) in [6.45, 7) is 0. The molecule has 0 heterocycles. The van der Waals surface area contributed by atoms with E-state index >= 15 is 0 Å². The van der Waals surface area contributed by atoms with Gasteiger partial charge in [-0.3, -0.25) is 0 Å². The number of benzene rings is 2. The largest absolute Gasteiger partial charge is 0.389 e. The molecule has 0 bridgehead atoms. The molecule has 0 spiro atoms. The molecule has 2 aromatic rings. The first kappa shape index (κ1) is 13.3. The molecule has 0 aliphatic carbocycles. The highest BCUT2D eigenvalue weighted by Gasteiger charge is 2.06. The maximum absolute atomic E-state index is 5.94. The lowest BCUT2D eigenvalue weighted by Gasteiger charge is -2.11. The Labute approximate surface area is 124 Å². The molecule has 0 saturated heterocycles. The summed E-state index contributed by atoms with van der Waals surface area (Å²) in [5.74, 6) is 0. The number of nitrogens with two attached hydrogens (primary N) is 1. The first-order valence-corrected chi connectivity index (χ1v) is 6.76. The molecule has 0 unspecified atom stereocenters. The Hall–Kier alpha value is -1.10. The highest BCUT2D eigenvalue weighted by molar-refractivity contribution is 9.10. The summed E-state index contributed by atoms with van der Waals surface area (Å²) >= 11 is 14.4. The predicted molar refractivity (Wildman–Crippen MR) is 84.8 cm³/mol. The summed E-state index contributed by atoms with van der Waals surface area (Å²) in [6, 6.07) is 13.2. The number of hydrogen-bond donors (Lipinski definition) is 2. The van der Waals surface area contributed by atoms with E-state index in [1.165, 1.54) is 0 Å². The second-order valence-corrected chi connectivity index (χ2v) is 5.48. The zero-order chi connectivity index (χ0) is 13.1. The van der Waals surface area contributed by atoms with Crippen LogP contribution in [0.1, 0.15) is 5.56 Å². The van der Waals surface area contributed by atoms with Crippen LogP contribution in [0.5, 0.6) is 0 Å². The average molecular weight is 342 g/mol. The fourth-order valence-electron chi connectivity index (χ4n) is 1.55. The topological polar surface area (TPSA) is 38.0 Å². The summed E-state index contributed by atoms with van der Waals surface area (Å²) in [7, 11) is 0. The molecule has 0 aliphatic rings. The zero-order valence-corrected chi connectivity index (χ0v) is 12.4. The molecule has 0 aromatic heterocycles. The fraction of sp³-hybridized carbons (Fsp3) is 0. The van der Waals surface area contributed by atoms with Crippen molar-refractivity contribution in [3.05, 3.63) is 57.5 Å². The van der Waals surface area contributed by atoms with E-state index in [1.54, 1.807) is 12.1 Å². The van der Waals surface area contributed by atoms with E-state index in [1.807, 2.05) is 30.3 Å². The van der Waals surface area contributed by atoms with Crippen molar-refractivity contribution in [2.24, 2.45) is 5.73 Å². The summed E-state index contributed by atoms with van der Waals surface area (Å²) in [5.41, 5.74) is 8.21. The van der Waals surface area contributed by atoms with E-state index in [2.05, 4.69) is 21.2 Å². The molecule has 0 aliphatic heterocycles. The van der Waals surface area contributed by atoms with E-state index in [4.69, 9.17) is 29.6 Å². The monoisotopic (exact) mass is 340 g/mol. The molecule has 0 atom stereocenters. The minimum atomic E-state index is 0.315. The van der Waals surface area contributed by atoms with Crippen LogP contribution in [0.4, 0.5) is 11.4 Å². The maximum Gasteiger partial charge on any atom is 0.106 e. The zero-order valence-electron chi connectivity index (χ0n) is 9.28. The van der Waals surface area contributed by atoms with Crippen LogP contribution in [0, 0.1) is 0 Å². The standard InChI is InChI=1S/C13H10BrClN2S/c14-8-2-1-3-10(6-8)17-12-5-4-9(15)7-11(12)13(16)18/h1-7,17H,(H2,16,18). The number of hydrogen-bond acceptors (Lipinski definition) is 2. The predicted octanol–water partition coefficient (Wildman–Crippen LogP) is 4.48. The molecule has 2 rings (SSSR count). The van der Waals surface area contributed by atoms with Crippen molar-refractivity contribution in [3.8, 4) is 0 Å². The summed E-state index contributed by atoms with van der Waals surface area (Å²) in [6.07, 6.45) is 0. The third kappa shape index (κ3) is 3.22. The number of halogens is 2. The second kappa shape index (κ2) is 5.69. The average Bonchev–Trinajstić information content (AvgIpc) is 2.31. The Morgan fingerprint density at radius 2 is 2.00 bits per heavy atom. The lowest BCUT2D eigenvalue weighted by molar-refractivity contribution is 1.51. The lowest BCUT2D eigenvalue weighted by Crippen LogP contribution is -2.11. The smallest absolute Gasteiger partial charge is 0.106 e. The van der Waals surface area contributed by atoms with Crippen LogP contribution in [0.15, 0.2) is 46.9 Å². The molecular weight excluding hydrogens is 332 g/mol. The molecule has 92 valence electrons. The van der Waals surface area contributed by atoms with Crippen molar-refractivity contribution >= 4 is 56.1 Å². The molecule has 2 nitrogen and oxygen atoms in total. The van der Waals surface area contributed by atoms with Crippen molar-refractivity contribution in [1.29, 1.82) is 0 Å².